The molecule has 0 aromatic carbocycles. The van der Waals surface area contributed by atoms with Crippen LogP contribution in [-0.2, 0) is 9.59 Å². The van der Waals surface area contributed by atoms with E-state index in [-0.39, 0.29) is 37.0 Å². The highest BCUT2D eigenvalue weighted by atomic mass is 16.2. The Morgan fingerprint density at radius 2 is 2.00 bits per heavy atom. The van der Waals surface area contributed by atoms with E-state index in [1.807, 2.05) is 4.90 Å². The topological polar surface area (TPSA) is 60.9 Å². The standard InChI is InChI=1S/C15H23N3O3/c1-10(2)13-15(5-4-6-15)9-18(13)12(20)8-17-11(19)7-16(3)14(17)21/h10,13H,4-9H2,1-3H3. The van der Waals surface area contributed by atoms with Gasteiger partial charge in [-0.1, -0.05) is 20.3 Å². The summed E-state index contributed by atoms with van der Waals surface area (Å²) in [5.74, 6) is 0.0368. The minimum Gasteiger partial charge on any atom is -0.337 e. The zero-order chi connectivity index (χ0) is 15.4. The summed E-state index contributed by atoms with van der Waals surface area (Å²) >= 11 is 0. The van der Waals surface area contributed by atoms with Gasteiger partial charge in [0, 0.05) is 25.0 Å². The van der Waals surface area contributed by atoms with E-state index in [0.717, 1.165) is 11.4 Å². The maximum Gasteiger partial charge on any atom is 0.327 e. The van der Waals surface area contributed by atoms with Crippen molar-refractivity contribution >= 4 is 17.8 Å². The van der Waals surface area contributed by atoms with Gasteiger partial charge in [-0.2, -0.15) is 0 Å². The minimum atomic E-state index is -0.367. The summed E-state index contributed by atoms with van der Waals surface area (Å²) in [5.41, 5.74) is 0.319. The lowest BCUT2D eigenvalue weighted by Gasteiger charge is -2.64. The molecule has 6 nitrogen and oxygen atoms in total. The van der Waals surface area contributed by atoms with Gasteiger partial charge in [0.05, 0.1) is 0 Å². The lowest BCUT2D eigenvalue weighted by Crippen LogP contribution is -2.71. The van der Waals surface area contributed by atoms with E-state index < -0.39 is 0 Å². The summed E-state index contributed by atoms with van der Waals surface area (Å²) in [4.78, 5) is 40.4. The normalized spacial score (nSPS) is 27.4. The molecule has 0 N–H and O–H groups in total. The third kappa shape index (κ3) is 2.03. The smallest absolute Gasteiger partial charge is 0.327 e. The average Bonchev–Trinajstić information content (AvgIpc) is 2.52. The van der Waals surface area contributed by atoms with Crippen LogP contribution in [0.4, 0.5) is 4.79 Å². The number of nitrogens with zero attached hydrogens (tertiary/aromatic N) is 3. The molecule has 1 unspecified atom stereocenters. The van der Waals surface area contributed by atoms with Crippen molar-refractivity contribution in [2.45, 2.75) is 39.2 Å². The van der Waals surface area contributed by atoms with Crippen LogP contribution in [0.3, 0.4) is 0 Å². The molecule has 4 amide bonds. The number of likely N-dealkylation sites (N-methyl/N-ethyl adjacent to an activating group) is 1. The fraction of sp³-hybridized carbons (Fsp3) is 0.800. The Bertz CT molecular complexity index is 498. The Balaban J connectivity index is 1.66. The van der Waals surface area contributed by atoms with Crippen molar-refractivity contribution in [3.8, 4) is 0 Å². The molecule has 0 aromatic rings. The van der Waals surface area contributed by atoms with Crippen LogP contribution in [0.1, 0.15) is 33.1 Å². The molecular formula is C15H23N3O3. The van der Waals surface area contributed by atoms with Crippen LogP contribution in [0.15, 0.2) is 0 Å². The van der Waals surface area contributed by atoms with Crippen molar-refractivity contribution in [2.24, 2.45) is 11.3 Å². The number of carbonyl (C=O) groups excluding carboxylic acids is 3. The maximum absolute atomic E-state index is 12.5. The first-order chi connectivity index (χ1) is 9.85. The molecule has 3 fully saturated rings. The molecule has 0 bridgehead atoms. The van der Waals surface area contributed by atoms with E-state index in [4.69, 9.17) is 0 Å². The number of hydrogen-bond donors (Lipinski definition) is 0. The second-order valence-electron chi connectivity index (χ2n) is 7.04. The Morgan fingerprint density at radius 1 is 1.33 bits per heavy atom. The highest BCUT2D eigenvalue weighted by molar-refractivity contribution is 6.04. The van der Waals surface area contributed by atoms with Gasteiger partial charge in [0.2, 0.25) is 5.91 Å². The number of likely N-dealkylation sites (tertiary alicyclic amines) is 1. The molecule has 2 saturated heterocycles. The van der Waals surface area contributed by atoms with Gasteiger partial charge in [0.1, 0.15) is 13.1 Å². The van der Waals surface area contributed by atoms with Crippen molar-refractivity contribution in [1.29, 1.82) is 0 Å². The van der Waals surface area contributed by atoms with E-state index in [9.17, 15) is 14.4 Å². The van der Waals surface area contributed by atoms with Crippen molar-refractivity contribution in [3.05, 3.63) is 0 Å². The maximum atomic E-state index is 12.5. The molecule has 1 aliphatic carbocycles. The number of amides is 4. The highest BCUT2D eigenvalue weighted by Gasteiger charge is 2.58. The third-order valence-electron chi connectivity index (χ3n) is 5.27. The van der Waals surface area contributed by atoms with Crippen LogP contribution in [0, 0.1) is 11.3 Å². The van der Waals surface area contributed by atoms with Gasteiger partial charge in [0.25, 0.3) is 5.91 Å². The zero-order valence-electron chi connectivity index (χ0n) is 13.0. The quantitative estimate of drug-likeness (QED) is 0.727. The first kappa shape index (κ1) is 14.4. The SMILES string of the molecule is CC(C)C1N(C(=O)CN2C(=O)CN(C)C2=O)CC12CCC2. The minimum absolute atomic E-state index is 0.0731. The molecule has 2 aliphatic heterocycles. The summed E-state index contributed by atoms with van der Waals surface area (Å²) in [5, 5.41) is 0. The molecule has 0 aromatic heterocycles. The predicted molar refractivity (Wildman–Crippen MR) is 76.4 cm³/mol. The van der Waals surface area contributed by atoms with Gasteiger partial charge >= 0.3 is 6.03 Å². The predicted octanol–water partition coefficient (Wildman–Crippen LogP) is 0.917. The Hall–Kier alpha value is -1.59. The van der Waals surface area contributed by atoms with Crippen molar-refractivity contribution < 1.29 is 14.4 Å². The summed E-state index contributed by atoms with van der Waals surface area (Å²) in [6.45, 7) is 5.04. The summed E-state index contributed by atoms with van der Waals surface area (Å²) in [6.07, 6.45) is 3.65. The summed E-state index contributed by atoms with van der Waals surface area (Å²) in [7, 11) is 1.58. The van der Waals surface area contributed by atoms with E-state index in [1.165, 1.54) is 24.2 Å². The Morgan fingerprint density at radius 3 is 2.43 bits per heavy atom. The van der Waals surface area contributed by atoms with Gasteiger partial charge in [-0.3, -0.25) is 14.5 Å². The van der Waals surface area contributed by atoms with Gasteiger partial charge < -0.3 is 9.80 Å². The number of rotatable bonds is 3. The molecule has 21 heavy (non-hydrogen) atoms. The average molecular weight is 293 g/mol. The Kier molecular flexibility index (Phi) is 3.22. The first-order valence-corrected chi connectivity index (χ1v) is 7.71. The highest BCUT2D eigenvalue weighted by Crippen LogP contribution is 2.55. The third-order valence-corrected chi connectivity index (χ3v) is 5.27. The second-order valence-corrected chi connectivity index (χ2v) is 7.04. The molecule has 3 rings (SSSR count). The van der Waals surface area contributed by atoms with Crippen LogP contribution in [-0.4, -0.2) is 65.3 Å². The van der Waals surface area contributed by atoms with Gasteiger partial charge in [-0.05, 0) is 18.8 Å². The largest absolute Gasteiger partial charge is 0.337 e. The fourth-order valence-corrected chi connectivity index (χ4v) is 4.19. The first-order valence-electron chi connectivity index (χ1n) is 7.71. The van der Waals surface area contributed by atoms with Gasteiger partial charge in [-0.25, -0.2) is 4.79 Å². The van der Waals surface area contributed by atoms with E-state index >= 15 is 0 Å². The van der Waals surface area contributed by atoms with Crippen LogP contribution < -0.4 is 0 Å². The van der Waals surface area contributed by atoms with Crippen molar-refractivity contribution in [1.82, 2.24) is 14.7 Å². The van der Waals surface area contributed by atoms with E-state index in [2.05, 4.69) is 13.8 Å². The van der Waals surface area contributed by atoms with Gasteiger partial charge in [0.15, 0.2) is 0 Å². The molecular weight excluding hydrogens is 270 g/mol. The number of imide groups is 1. The number of hydrogen-bond acceptors (Lipinski definition) is 3. The van der Waals surface area contributed by atoms with Crippen LogP contribution in [0.2, 0.25) is 0 Å². The Labute approximate surface area is 125 Å². The molecule has 116 valence electrons. The zero-order valence-corrected chi connectivity index (χ0v) is 13.0. The fourth-order valence-electron chi connectivity index (χ4n) is 4.19. The summed E-state index contributed by atoms with van der Waals surface area (Å²) in [6, 6.07) is -0.0994. The molecule has 1 saturated carbocycles. The number of carbonyl (C=O) groups is 3. The van der Waals surface area contributed by atoms with Crippen LogP contribution in [0.5, 0.6) is 0 Å². The monoisotopic (exact) mass is 293 g/mol. The lowest BCUT2D eigenvalue weighted by atomic mass is 9.55. The second kappa shape index (κ2) is 4.71. The van der Waals surface area contributed by atoms with E-state index in [1.54, 1.807) is 7.05 Å². The van der Waals surface area contributed by atoms with Gasteiger partial charge in [-0.15, -0.1) is 0 Å². The van der Waals surface area contributed by atoms with Crippen LogP contribution >= 0.6 is 0 Å². The molecule has 1 atom stereocenters. The number of urea groups is 1. The van der Waals surface area contributed by atoms with Crippen molar-refractivity contribution in [2.75, 3.05) is 26.7 Å². The molecule has 2 heterocycles. The molecule has 1 spiro atoms. The molecule has 3 aliphatic rings. The van der Waals surface area contributed by atoms with Crippen LogP contribution in [0.25, 0.3) is 0 Å². The van der Waals surface area contributed by atoms with Crippen molar-refractivity contribution in [3.63, 3.8) is 0 Å². The van der Waals surface area contributed by atoms with E-state index in [0.29, 0.717) is 11.3 Å². The lowest BCUT2D eigenvalue weighted by molar-refractivity contribution is -0.175. The summed E-state index contributed by atoms with van der Waals surface area (Å²) < 4.78 is 0. The molecule has 6 heteroatoms. The molecule has 0 radical (unpaired) electrons.